The third kappa shape index (κ3) is 5.28. The van der Waals surface area contributed by atoms with Gasteiger partial charge in [-0.15, -0.1) is 11.3 Å². The van der Waals surface area contributed by atoms with Gasteiger partial charge in [0.2, 0.25) is 11.8 Å². The van der Waals surface area contributed by atoms with Gasteiger partial charge in [0, 0.05) is 16.6 Å². The van der Waals surface area contributed by atoms with Crippen LogP contribution in [0.4, 0.5) is 5.69 Å². The fourth-order valence-electron chi connectivity index (χ4n) is 4.49. The van der Waals surface area contributed by atoms with Crippen LogP contribution >= 0.6 is 11.3 Å². The van der Waals surface area contributed by atoms with Crippen LogP contribution in [0.15, 0.2) is 72.1 Å². The highest BCUT2D eigenvalue weighted by Gasteiger charge is 2.34. The number of amides is 2. The molecule has 1 fully saturated rings. The Balaban J connectivity index is 1.74. The molecule has 1 unspecified atom stereocenters. The van der Waals surface area contributed by atoms with E-state index in [1.807, 2.05) is 79.0 Å². The number of carbonyl (C=O) groups excluding carboxylic acids is 2. The number of thiophene rings is 1. The summed E-state index contributed by atoms with van der Waals surface area (Å²) in [6.45, 7) is 2.00. The van der Waals surface area contributed by atoms with E-state index < -0.39 is 6.04 Å². The normalized spacial score (nSPS) is 15.2. The monoisotopic (exact) mass is 446 g/mol. The minimum absolute atomic E-state index is 0.0781. The van der Waals surface area contributed by atoms with Crippen molar-refractivity contribution < 1.29 is 9.59 Å². The van der Waals surface area contributed by atoms with Gasteiger partial charge in [0.25, 0.3) is 0 Å². The van der Waals surface area contributed by atoms with Crippen molar-refractivity contribution >= 4 is 28.8 Å². The smallest absolute Gasteiger partial charge is 0.248 e. The summed E-state index contributed by atoms with van der Waals surface area (Å²) in [6, 6.07) is 20.8. The van der Waals surface area contributed by atoms with Crippen LogP contribution in [-0.2, 0) is 16.0 Å². The quantitative estimate of drug-likeness (QED) is 0.497. The van der Waals surface area contributed by atoms with Crippen LogP contribution in [0.1, 0.15) is 54.1 Å². The number of hydrogen-bond acceptors (Lipinski definition) is 3. The molecule has 4 nitrogen and oxygen atoms in total. The maximum atomic E-state index is 13.8. The lowest BCUT2D eigenvalue weighted by Crippen LogP contribution is -2.48. The molecule has 0 spiro atoms. The number of aryl methyl sites for hydroxylation is 1. The molecule has 0 radical (unpaired) electrons. The maximum Gasteiger partial charge on any atom is 0.248 e. The molecule has 1 aliphatic rings. The number of para-hydroxylation sites is 1. The molecule has 4 rings (SSSR count). The molecule has 0 saturated heterocycles. The Morgan fingerprint density at radius 2 is 1.69 bits per heavy atom. The number of anilines is 1. The second kappa shape index (κ2) is 10.6. The molecule has 1 atom stereocenters. The lowest BCUT2D eigenvalue weighted by molar-refractivity contribution is -0.127. The molecule has 2 amide bonds. The maximum absolute atomic E-state index is 13.8. The molecule has 3 aromatic rings. The van der Waals surface area contributed by atoms with Crippen molar-refractivity contribution in [1.82, 2.24) is 5.32 Å². The zero-order valence-electron chi connectivity index (χ0n) is 18.5. The molecule has 1 N–H and O–H groups in total. The van der Waals surface area contributed by atoms with Gasteiger partial charge < -0.3 is 5.32 Å². The third-order valence-electron chi connectivity index (χ3n) is 6.15. The minimum atomic E-state index is -0.715. The van der Waals surface area contributed by atoms with Crippen molar-refractivity contribution in [2.75, 3.05) is 4.90 Å². The van der Waals surface area contributed by atoms with E-state index >= 15 is 0 Å². The summed E-state index contributed by atoms with van der Waals surface area (Å²) >= 11 is 1.56. The molecule has 0 bridgehead atoms. The summed E-state index contributed by atoms with van der Waals surface area (Å²) in [5.41, 5.74) is 2.60. The number of carbonyl (C=O) groups is 2. The molecule has 1 saturated carbocycles. The average Bonchev–Trinajstić information content (AvgIpc) is 3.32. The number of nitrogens with zero attached hydrogens (tertiary/aromatic N) is 1. The van der Waals surface area contributed by atoms with E-state index in [1.54, 1.807) is 16.2 Å². The largest absolute Gasteiger partial charge is 0.351 e. The Hall–Kier alpha value is -2.92. The molecule has 0 aliphatic heterocycles. The predicted octanol–water partition coefficient (Wildman–Crippen LogP) is 5.82. The molecule has 2 aromatic carbocycles. The third-order valence-corrected chi connectivity index (χ3v) is 7.03. The SMILES string of the molecule is Cc1ccccc1C(C(=O)NC1CCCCC1)N(C(=O)Cc1cccs1)c1ccccc1. The molecular formula is C27H30N2O2S. The van der Waals surface area contributed by atoms with E-state index in [2.05, 4.69) is 5.32 Å². The van der Waals surface area contributed by atoms with Gasteiger partial charge in [-0.3, -0.25) is 14.5 Å². The summed E-state index contributed by atoms with van der Waals surface area (Å²) in [5.74, 6) is -0.180. The van der Waals surface area contributed by atoms with Crippen LogP contribution in [0.5, 0.6) is 0 Å². The lowest BCUT2D eigenvalue weighted by atomic mass is 9.93. The van der Waals surface area contributed by atoms with Crippen molar-refractivity contribution in [3.8, 4) is 0 Å². The molecule has 32 heavy (non-hydrogen) atoms. The van der Waals surface area contributed by atoms with E-state index in [1.165, 1.54) is 6.42 Å². The first-order chi connectivity index (χ1) is 15.6. The molecule has 166 valence electrons. The first-order valence-electron chi connectivity index (χ1n) is 11.4. The van der Waals surface area contributed by atoms with Crippen LogP contribution in [0.25, 0.3) is 0 Å². The Morgan fingerprint density at radius 1 is 0.969 bits per heavy atom. The van der Waals surface area contributed by atoms with Crippen LogP contribution in [0, 0.1) is 6.92 Å². The summed E-state index contributed by atoms with van der Waals surface area (Å²) < 4.78 is 0. The van der Waals surface area contributed by atoms with Gasteiger partial charge in [0.05, 0.1) is 6.42 Å². The van der Waals surface area contributed by atoms with Crippen molar-refractivity contribution in [3.63, 3.8) is 0 Å². The number of rotatable bonds is 7. The number of benzene rings is 2. The summed E-state index contributed by atoms with van der Waals surface area (Å²) in [5, 5.41) is 5.25. The van der Waals surface area contributed by atoms with E-state index in [4.69, 9.17) is 0 Å². The van der Waals surface area contributed by atoms with Crippen molar-refractivity contribution in [3.05, 3.63) is 88.1 Å². The van der Waals surface area contributed by atoms with Gasteiger partial charge >= 0.3 is 0 Å². The van der Waals surface area contributed by atoms with Gasteiger partial charge in [-0.05, 0) is 54.5 Å². The average molecular weight is 447 g/mol. The van der Waals surface area contributed by atoms with E-state index in [0.29, 0.717) is 0 Å². The predicted molar refractivity (Wildman–Crippen MR) is 131 cm³/mol. The second-order valence-electron chi connectivity index (χ2n) is 8.46. The first kappa shape index (κ1) is 22.3. The Bertz CT molecular complexity index is 1030. The van der Waals surface area contributed by atoms with Gasteiger partial charge in [-0.25, -0.2) is 0 Å². The second-order valence-corrected chi connectivity index (χ2v) is 9.49. The Kier molecular flexibility index (Phi) is 7.38. The van der Waals surface area contributed by atoms with Gasteiger partial charge in [0.15, 0.2) is 0 Å². The van der Waals surface area contributed by atoms with E-state index in [0.717, 1.165) is 47.4 Å². The standard InChI is InChI=1S/C27H30N2O2S/c1-20-11-8-9-17-24(20)26(27(31)28-21-12-4-2-5-13-21)29(22-14-6-3-7-15-22)25(30)19-23-16-10-18-32-23/h3,6-11,14-18,21,26H,2,4-5,12-13,19H2,1H3,(H,28,31). The highest BCUT2D eigenvalue weighted by atomic mass is 32.1. The molecule has 1 aliphatic carbocycles. The fraction of sp³-hybridized carbons (Fsp3) is 0.333. The molecule has 1 aromatic heterocycles. The van der Waals surface area contributed by atoms with Crippen LogP contribution in [0.2, 0.25) is 0 Å². The first-order valence-corrected chi connectivity index (χ1v) is 12.3. The molecule has 1 heterocycles. The van der Waals surface area contributed by atoms with Gasteiger partial charge in [-0.1, -0.05) is 67.8 Å². The van der Waals surface area contributed by atoms with Gasteiger partial charge in [0.1, 0.15) is 6.04 Å². The summed E-state index contributed by atoms with van der Waals surface area (Å²) in [4.78, 5) is 30.2. The van der Waals surface area contributed by atoms with Crippen LogP contribution < -0.4 is 10.2 Å². The minimum Gasteiger partial charge on any atom is -0.351 e. The topological polar surface area (TPSA) is 49.4 Å². The zero-order chi connectivity index (χ0) is 22.3. The van der Waals surface area contributed by atoms with Crippen LogP contribution in [0.3, 0.4) is 0 Å². The Morgan fingerprint density at radius 3 is 2.38 bits per heavy atom. The highest BCUT2D eigenvalue weighted by molar-refractivity contribution is 7.10. The zero-order valence-corrected chi connectivity index (χ0v) is 19.3. The van der Waals surface area contributed by atoms with E-state index in [-0.39, 0.29) is 24.3 Å². The van der Waals surface area contributed by atoms with Crippen molar-refractivity contribution in [1.29, 1.82) is 0 Å². The fourth-order valence-corrected chi connectivity index (χ4v) is 5.19. The van der Waals surface area contributed by atoms with Crippen LogP contribution in [-0.4, -0.2) is 17.9 Å². The van der Waals surface area contributed by atoms with E-state index in [9.17, 15) is 9.59 Å². The van der Waals surface area contributed by atoms with Gasteiger partial charge in [-0.2, -0.15) is 0 Å². The Labute approximate surface area is 194 Å². The molecular weight excluding hydrogens is 416 g/mol. The number of hydrogen-bond donors (Lipinski definition) is 1. The highest BCUT2D eigenvalue weighted by Crippen LogP contribution is 2.31. The number of nitrogens with one attached hydrogen (secondary N) is 1. The summed E-state index contributed by atoms with van der Waals surface area (Å²) in [7, 11) is 0. The lowest BCUT2D eigenvalue weighted by Gasteiger charge is -2.34. The van der Waals surface area contributed by atoms with Crippen molar-refractivity contribution in [2.45, 2.75) is 57.5 Å². The summed E-state index contributed by atoms with van der Waals surface area (Å²) in [6.07, 6.45) is 5.77. The van der Waals surface area contributed by atoms with Crippen molar-refractivity contribution in [2.24, 2.45) is 0 Å². The molecule has 5 heteroatoms.